The highest BCUT2D eigenvalue weighted by Gasteiger charge is 2.34. The molecule has 0 atom stereocenters. The van der Waals surface area contributed by atoms with Crippen molar-refractivity contribution in [1.29, 1.82) is 0 Å². The average Bonchev–Trinajstić information content (AvgIpc) is 2.48. The van der Waals surface area contributed by atoms with E-state index in [1.165, 1.54) is 6.42 Å². The van der Waals surface area contributed by atoms with Crippen molar-refractivity contribution in [2.75, 3.05) is 0 Å². The highest BCUT2D eigenvalue weighted by molar-refractivity contribution is 7.09. The molecule has 1 heterocycles. The number of aromatic nitrogens is 1. The van der Waals surface area contributed by atoms with Gasteiger partial charge in [-0.15, -0.1) is 11.3 Å². The molecular weight excluding hydrogens is 208 g/mol. The van der Waals surface area contributed by atoms with E-state index in [1.54, 1.807) is 11.3 Å². The van der Waals surface area contributed by atoms with E-state index >= 15 is 0 Å². The molecule has 0 amide bonds. The van der Waals surface area contributed by atoms with E-state index in [2.05, 4.69) is 4.98 Å². The monoisotopic (exact) mass is 224 g/mol. The fourth-order valence-electron chi connectivity index (χ4n) is 1.92. The van der Waals surface area contributed by atoms with Crippen LogP contribution in [0.15, 0.2) is 5.38 Å². The van der Waals surface area contributed by atoms with Gasteiger partial charge in [0.05, 0.1) is 6.42 Å². The molecule has 0 radical (unpaired) electrons. The SMILES string of the molecule is Cc1csc(CC(=O)CC2(N)CCC2)n1. The molecule has 15 heavy (non-hydrogen) atoms. The Morgan fingerprint density at radius 1 is 1.67 bits per heavy atom. The number of ketones is 1. The fourth-order valence-corrected chi connectivity index (χ4v) is 2.72. The van der Waals surface area contributed by atoms with Gasteiger partial charge < -0.3 is 5.73 Å². The van der Waals surface area contributed by atoms with E-state index in [4.69, 9.17) is 5.73 Å². The molecule has 0 saturated heterocycles. The van der Waals surface area contributed by atoms with Crippen molar-refractivity contribution in [2.24, 2.45) is 5.73 Å². The summed E-state index contributed by atoms with van der Waals surface area (Å²) in [6.07, 6.45) is 4.13. The summed E-state index contributed by atoms with van der Waals surface area (Å²) >= 11 is 1.56. The molecule has 3 nitrogen and oxygen atoms in total. The Morgan fingerprint density at radius 2 is 2.40 bits per heavy atom. The van der Waals surface area contributed by atoms with Gasteiger partial charge in [-0.1, -0.05) is 0 Å². The molecule has 1 aromatic heterocycles. The van der Waals surface area contributed by atoms with E-state index in [-0.39, 0.29) is 11.3 Å². The molecule has 0 bridgehead atoms. The Balaban J connectivity index is 1.87. The Kier molecular flexibility index (Phi) is 2.89. The lowest BCUT2D eigenvalue weighted by atomic mass is 9.74. The minimum Gasteiger partial charge on any atom is -0.325 e. The van der Waals surface area contributed by atoms with Gasteiger partial charge in [0.15, 0.2) is 0 Å². The van der Waals surface area contributed by atoms with E-state index in [9.17, 15) is 4.79 Å². The first kappa shape index (κ1) is 10.8. The van der Waals surface area contributed by atoms with Crippen LogP contribution in [0.25, 0.3) is 0 Å². The summed E-state index contributed by atoms with van der Waals surface area (Å²) in [5.41, 5.74) is 6.83. The van der Waals surface area contributed by atoms with Gasteiger partial charge in [0.1, 0.15) is 10.8 Å². The van der Waals surface area contributed by atoms with Crippen LogP contribution < -0.4 is 5.73 Å². The standard InChI is InChI=1S/C11H16N2OS/c1-8-7-15-10(13-8)5-9(14)6-11(12)3-2-4-11/h7H,2-6,12H2,1H3. The normalized spacial score (nSPS) is 18.5. The van der Waals surface area contributed by atoms with Crippen LogP contribution in [-0.4, -0.2) is 16.3 Å². The van der Waals surface area contributed by atoms with Crippen molar-refractivity contribution in [3.63, 3.8) is 0 Å². The van der Waals surface area contributed by atoms with Gasteiger partial charge in [-0.3, -0.25) is 4.79 Å². The molecule has 0 aliphatic heterocycles. The zero-order valence-electron chi connectivity index (χ0n) is 8.95. The molecular formula is C11H16N2OS. The van der Waals surface area contributed by atoms with Gasteiger partial charge in [-0.25, -0.2) is 4.98 Å². The van der Waals surface area contributed by atoms with Crippen molar-refractivity contribution in [2.45, 2.75) is 44.6 Å². The fraction of sp³-hybridized carbons (Fsp3) is 0.636. The number of thiazole rings is 1. The highest BCUT2D eigenvalue weighted by atomic mass is 32.1. The molecule has 1 aliphatic rings. The topological polar surface area (TPSA) is 56.0 Å². The first-order valence-electron chi connectivity index (χ1n) is 5.29. The first-order chi connectivity index (χ1) is 7.07. The van der Waals surface area contributed by atoms with Crippen LogP contribution in [0.4, 0.5) is 0 Å². The summed E-state index contributed by atoms with van der Waals surface area (Å²) in [4.78, 5) is 16.0. The van der Waals surface area contributed by atoms with Crippen LogP contribution in [0, 0.1) is 6.92 Å². The average molecular weight is 224 g/mol. The number of nitrogens with zero attached hydrogens (tertiary/aromatic N) is 1. The minimum absolute atomic E-state index is 0.191. The van der Waals surface area contributed by atoms with Crippen molar-refractivity contribution in [3.05, 3.63) is 16.1 Å². The molecule has 0 aromatic carbocycles. The summed E-state index contributed by atoms with van der Waals surface area (Å²) in [5, 5.41) is 2.89. The highest BCUT2D eigenvalue weighted by Crippen LogP contribution is 2.32. The number of hydrogen-bond donors (Lipinski definition) is 1. The van der Waals surface area contributed by atoms with Gasteiger partial charge in [-0.05, 0) is 26.2 Å². The second-order valence-electron chi connectivity index (χ2n) is 4.49. The third-order valence-corrected chi connectivity index (χ3v) is 3.88. The molecule has 82 valence electrons. The van der Waals surface area contributed by atoms with Crippen LogP contribution in [0.3, 0.4) is 0 Å². The maximum atomic E-state index is 11.7. The van der Waals surface area contributed by atoms with Gasteiger partial charge in [0.25, 0.3) is 0 Å². The third-order valence-electron chi connectivity index (χ3n) is 2.91. The van der Waals surface area contributed by atoms with Crippen LogP contribution in [0.1, 0.15) is 36.4 Å². The molecule has 1 aromatic rings. The Morgan fingerprint density at radius 3 is 2.87 bits per heavy atom. The maximum absolute atomic E-state index is 11.7. The Bertz CT molecular complexity index is 368. The molecule has 1 fully saturated rings. The van der Waals surface area contributed by atoms with E-state index in [1.807, 2.05) is 12.3 Å². The zero-order valence-corrected chi connectivity index (χ0v) is 9.77. The Labute approximate surface area is 93.7 Å². The smallest absolute Gasteiger partial charge is 0.141 e. The second kappa shape index (κ2) is 4.02. The van der Waals surface area contributed by atoms with E-state index in [0.29, 0.717) is 12.8 Å². The number of aryl methyl sites for hydroxylation is 1. The molecule has 2 N–H and O–H groups in total. The zero-order chi connectivity index (χ0) is 10.9. The molecule has 2 rings (SSSR count). The van der Waals surface area contributed by atoms with Crippen LogP contribution in [-0.2, 0) is 11.2 Å². The Hall–Kier alpha value is -0.740. The van der Waals surface area contributed by atoms with Crippen LogP contribution in [0.2, 0.25) is 0 Å². The van der Waals surface area contributed by atoms with Crippen molar-refractivity contribution in [1.82, 2.24) is 4.98 Å². The van der Waals surface area contributed by atoms with Crippen molar-refractivity contribution >= 4 is 17.1 Å². The lowest BCUT2D eigenvalue weighted by Crippen LogP contribution is -2.48. The van der Waals surface area contributed by atoms with E-state index < -0.39 is 0 Å². The summed E-state index contributed by atoms with van der Waals surface area (Å²) in [6, 6.07) is 0. The maximum Gasteiger partial charge on any atom is 0.141 e. The van der Waals surface area contributed by atoms with Gasteiger partial charge in [0, 0.05) is 23.0 Å². The predicted molar refractivity (Wildman–Crippen MR) is 60.9 cm³/mol. The quantitative estimate of drug-likeness (QED) is 0.849. The van der Waals surface area contributed by atoms with Gasteiger partial charge in [-0.2, -0.15) is 0 Å². The lowest BCUT2D eigenvalue weighted by Gasteiger charge is -2.37. The number of carbonyl (C=O) groups excluding carboxylic acids is 1. The molecule has 4 heteroatoms. The number of rotatable bonds is 4. The summed E-state index contributed by atoms with van der Waals surface area (Å²) < 4.78 is 0. The van der Waals surface area contributed by atoms with Crippen molar-refractivity contribution < 1.29 is 4.79 Å². The van der Waals surface area contributed by atoms with Crippen LogP contribution >= 0.6 is 11.3 Å². The number of nitrogens with two attached hydrogens (primary N) is 1. The van der Waals surface area contributed by atoms with Crippen LogP contribution in [0.5, 0.6) is 0 Å². The largest absolute Gasteiger partial charge is 0.325 e. The summed E-state index contributed by atoms with van der Waals surface area (Å²) in [6.45, 7) is 1.95. The molecule has 0 unspecified atom stereocenters. The van der Waals surface area contributed by atoms with E-state index in [0.717, 1.165) is 23.5 Å². The lowest BCUT2D eigenvalue weighted by molar-refractivity contribution is -0.120. The van der Waals surface area contributed by atoms with Gasteiger partial charge in [0.2, 0.25) is 0 Å². The third kappa shape index (κ3) is 2.63. The minimum atomic E-state index is -0.191. The predicted octanol–water partition coefficient (Wildman–Crippen LogP) is 1.83. The molecule has 1 saturated carbocycles. The number of hydrogen-bond acceptors (Lipinski definition) is 4. The molecule has 0 spiro atoms. The second-order valence-corrected chi connectivity index (χ2v) is 5.43. The number of Topliss-reactive ketones (excluding diaryl/α,β-unsaturated/α-hetero) is 1. The first-order valence-corrected chi connectivity index (χ1v) is 6.17. The molecule has 1 aliphatic carbocycles. The summed E-state index contributed by atoms with van der Waals surface area (Å²) in [7, 11) is 0. The number of carbonyl (C=O) groups is 1. The summed E-state index contributed by atoms with van der Waals surface area (Å²) in [5.74, 6) is 0.228. The van der Waals surface area contributed by atoms with Gasteiger partial charge >= 0.3 is 0 Å². The van der Waals surface area contributed by atoms with Crippen molar-refractivity contribution in [3.8, 4) is 0 Å².